The minimum Gasteiger partial charge on any atom is -0.315 e. The molecule has 2 atom stereocenters. The van der Waals surface area contributed by atoms with E-state index in [1.807, 2.05) is 0 Å². The van der Waals surface area contributed by atoms with Crippen LogP contribution in [0.4, 0.5) is 0 Å². The predicted molar refractivity (Wildman–Crippen MR) is 65.3 cm³/mol. The molecule has 5 heteroatoms. The van der Waals surface area contributed by atoms with Crippen molar-refractivity contribution in [3.05, 3.63) is 0 Å². The molecule has 0 aromatic rings. The van der Waals surface area contributed by atoms with Gasteiger partial charge < -0.3 is 5.32 Å². The Morgan fingerprint density at radius 2 is 2.12 bits per heavy atom. The lowest BCUT2D eigenvalue weighted by Gasteiger charge is -2.37. The summed E-state index contributed by atoms with van der Waals surface area (Å²) in [5, 5.41) is 3.36. The Hall–Kier alpha value is -0.130. The molecule has 2 unspecified atom stereocenters. The fourth-order valence-electron chi connectivity index (χ4n) is 3.00. The van der Waals surface area contributed by atoms with Gasteiger partial charge in [0.2, 0.25) is 0 Å². The average Bonchev–Trinajstić information content (AvgIpc) is 2.71. The van der Waals surface area contributed by atoms with Gasteiger partial charge in [0.25, 0.3) is 0 Å². The number of rotatable bonds is 3. The maximum Gasteiger partial charge on any atom is 0.151 e. The molecular formula is C11H22N2O2S. The zero-order valence-corrected chi connectivity index (χ0v) is 10.8. The molecule has 2 aliphatic rings. The molecule has 94 valence electrons. The summed E-state index contributed by atoms with van der Waals surface area (Å²) in [6.45, 7) is 5.19. The van der Waals surface area contributed by atoms with Crippen molar-refractivity contribution in [2.24, 2.45) is 0 Å². The average molecular weight is 246 g/mol. The van der Waals surface area contributed by atoms with Crippen molar-refractivity contribution < 1.29 is 8.42 Å². The van der Waals surface area contributed by atoms with Crippen molar-refractivity contribution in [3.8, 4) is 0 Å². The Morgan fingerprint density at radius 1 is 1.31 bits per heavy atom. The minimum absolute atomic E-state index is 0.258. The summed E-state index contributed by atoms with van der Waals surface area (Å²) in [6.07, 6.45) is 3.04. The van der Waals surface area contributed by atoms with Gasteiger partial charge in [-0.1, -0.05) is 6.92 Å². The van der Waals surface area contributed by atoms with Gasteiger partial charge >= 0.3 is 0 Å². The van der Waals surface area contributed by atoms with Crippen molar-refractivity contribution >= 4 is 9.84 Å². The largest absolute Gasteiger partial charge is 0.315 e. The van der Waals surface area contributed by atoms with Crippen LogP contribution in [0.2, 0.25) is 0 Å². The van der Waals surface area contributed by atoms with Crippen LogP contribution in [0, 0.1) is 0 Å². The van der Waals surface area contributed by atoms with Crippen molar-refractivity contribution in [1.82, 2.24) is 10.2 Å². The molecule has 16 heavy (non-hydrogen) atoms. The van der Waals surface area contributed by atoms with E-state index in [9.17, 15) is 8.42 Å². The van der Waals surface area contributed by atoms with Gasteiger partial charge in [0.1, 0.15) is 0 Å². The quantitative estimate of drug-likeness (QED) is 0.775. The van der Waals surface area contributed by atoms with Crippen molar-refractivity contribution in [2.45, 2.75) is 38.3 Å². The van der Waals surface area contributed by atoms with Crippen LogP contribution in [0.25, 0.3) is 0 Å². The van der Waals surface area contributed by atoms with Crippen LogP contribution in [0.5, 0.6) is 0 Å². The third kappa shape index (κ3) is 2.76. The molecule has 0 aliphatic carbocycles. The third-order valence-corrected chi connectivity index (χ3v) is 5.58. The topological polar surface area (TPSA) is 49.4 Å². The van der Waals surface area contributed by atoms with E-state index in [2.05, 4.69) is 17.1 Å². The summed E-state index contributed by atoms with van der Waals surface area (Å²) in [5.74, 6) is 0.765. The molecule has 0 aromatic carbocycles. The fraction of sp³-hybridized carbons (Fsp3) is 1.00. The molecule has 0 radical (unpaired) electrons. The standard InChI is InChI=1S/C11H22N2O2S/c1-2-13(10-5-6-12-8-10)11-4-3-7-16(14,15)9-11/h10-12H,2-9H2,1H3. The van der Waals surface area contributed by atoms with E-state index < -0.39 is 9.84 Å². The lowest BCUT2D eigenvalue weighted by atomic mass is 10.1. The van der Waals surface area contributed by atoms with Gasteiger partial charge in [0, 0.05) is 18.6 Å². The zero-order chi connectivity index (χ0) is 11.6. The molecule has 2 heterocycles. The first kappa shape index (κ1) is 12.3. The van der Waals surface area contributed by atoms with E-state index in [0.29, 0.717) is 17.5 Å². The smallest absolute Gasteiger partial charge is 0.151 e. The first-order chi connectivity index (χ1) is 7.62. The first-order valence-electron chi connectivity index (χ1n) is 6.29. The minimum atomic E-state index is -2.78. The van der Waals surface area contributed by atoms with Gasteiger partial charge in [-0.05, 0) is 32.4 Å². The Balaban J connectivity index is 2.02. The van der Waals surface area contributed by atoms with E-state index in [1.165, 1.54) is 0 Å². The summed E-state index contributed by atoms with van der Waals surface area (Å²) in [7, 11) is -2.78. The first-order valence-corrected chi connectivity index (χ1v) is 8.11. The zero-order valence-electron chi connectivity index (χ0n) is 9.98. The summed E-state index contributed by atoms with van der Waals surface area (Å²) >= 11 is 0. The Bertz CT molecular complexity index is 323. The number of sulfone groups is 1. The summed E-state index contributed by atoms with van der Waals surface area (Å²) in [5.41, 5.74) is 0. The predicted octanol–water partition coefficient (Wildman–Crippen LogP) is 0.247. The van der Waals surface area contributed by atoms with Crippen LogP contribution in [-0.2, 0) is 9.84 Å². The second kappa shape index (κ2) is 5.02. The maximum atomic E-state index is 11.7. The van der Waals surface area contributed by atoms with Gasteiger partial charge in [-0.2, -0.15) is 0 Å². The molecule has 2 aliphatic heterocycles. The molecule has 2 saturated heterocycles. The van der Waals surface area contributed by atoms with Crippen LogP contribution in [0.3, 0.4) is 0 Å². The van der Waals surface area contributed by atoms with Gasteiger partial charge in [-0.3, -0.25) is 4.90 Å². The molecule has 0 aromatic heterocycles. The van der Waals surface area contributed by atoms with E-state index >= 15 is 0 Å². The van der Waals surface area contributed by atoms with Crippen LogP contribution in [0.15, 0.2) is 0 Å². The van der Waals surface area contributed by atoms with E-state index in [0.717, 1.165) is 38.9 Å². The van der Waals surface area contributed by atoms with Crippen LogP contribution >= 0.6 is 0 Å². The molecule has 1 N–H and O–H groups in total. The molecule has 2 fully saturated rings. The number of hydrogen-bond donors (Lipinski definition) is 1. The molecule has 4 nitrogen and oxygen atoms in total. The van der Waals surface area contributed by atoms with Crippen LogP contribution in [0.1, 0.15) is 26.2 Å². The van der Waals surface area contributed by atoms with Crippen LogP contribution < -0.4 is 5.32 Å². The highest BCUT2D eigenvalue weighted by molar-refractivity contribution is 7.91. The highest BCUT2D eigenvalue weighted by atomic mass is 32.2. The van der Waals surface area contributed by atoms with Crippen LogP contribution in [-0.4, -0.2) is 56.5 Å². The second-order valence-corrected chi connectivity index (χ2v) is 7.12. The van der Waals surface area contributed by atoms with Gasteiger partial charge in [0.15, 0.2) is 9.84 Å². The maximum absolute atomic E-state index is 11.7. The highest BCUT2D eigenvalue weighted by Gasteiger charge is 2.33. The summed E-state index contributed by atoms with van der Waals surface area (Å²) in [4.78, 5) is 2.40. The fourth-order valence-corrected chi connectivity index (χ4v) is 4.71. The van der Waals surface area contributed by atoms with E-state index in [1.54, 1.807) is 0 Å². The number of nitrogens with zero attached hydrogens (tertiary/aromatic N) is 1. The second-order valence-electron chi connectivity index (χ2n) is 4.89. The number of nitrogens with one attached hydrogen (secondary N) is 1. The Kier molecular flexibility index (Phi) is 3.87. The molecular weight excluding hydrogens is 224 g/mol. The number of hydrogen-bond acceptors (Lipinski definition) is 4. The molecule has 0 amide bonds. The van der Waals surface area contributed by atoms with Crippen molar-refractivity contribution in [3.63, 3.8) is 0 Å². The van der Waals surface area contributed by atoms with Crippen molar-refractivity contribution in [1.29, 1.82) is 0 Å². The van der Waals surface area contributed by atoms with E-state index in [-0.39, 0.29) is 6.04 Å². The molecule has 0 saturated carbocycles. The van der Waals surface area contributed by atoms with Gasteiger partial charge in [-0.25, -0.2) is 8.42 Å². The van der Waals surface area contributed by atoms with Gasteiger partial charge in [0.05, 0.1) is 11.5 Å². The summed E-state index contributed by atoms with van der Waals surface area (Å²) < 4.78 is 23.3. The summed E-state index contributed by atoms with van der Waals surface area (Å²) in [6, 6.07) is 0.803. The van der Waals surface area contributed by atoms with E-state index in [4.69, 9.17) is 0 Å². The Morgan fingerprint density at radius 3 is 2.69 bits per heavy atom. The van der Waals surface area contributed by atoms with Crippen molar-refractivity contribution in [2.75, 3.05) is 31.1 Å². The lowest BCUT2D eigenvalue weighted by molar-refractivity contribution is 0.153. The Labute approximate surface area is 98.3 Å². The molecule has 2 rings (SSSR count). The lowest BCUT2D eigenvalue weighted by Crippen LogP contribution is -2.49. The SMILES string of the molecule is CCN(C1CCNC1)C1CCCS(=O)(=O)C1. The normalized spacial score (nSPS) is 34.4. The molecule has 0 bridgehead atoms. The molecule has 0 spiro atoms. The monoisotopic (exact) mass is 246 g/mol. The third-order valence-electron chi connectivity index (χ3n) is 3.78. The van der Waals surface area contributed by atoms with Gasteiger partial charge in [-0.15, -0.1) is 0 Å². The highest BCUT2D eigenvalue weighted by Crippen LogP contribution is 2.21. The number of likely N-dealkylation sites (N-methyl/N-ethyl adjacent to an activating group) is 1.